The number of amides is 1. The number of fused-ring (bicyclic) bond motifs is 1. The van der Waals surface area contributed by atoms with E-state index in [0.29, 0.717) is 29.3 Å². The first-order valence-electron chi connectivity index (χ1n) is 10.6. The first-order chi connectivity index (χ1) is 15.9. The van der Waals surface area contributed by atoms with Gasteiger partial charge in [-0.2, -0.15) is 0 Å². The maximum absolute atomic E-state index is 13.4. The van der Waals surface area contributed by atoms with Crippen molar-refractivity contribution in [1.82, 2.24) is 4.90 Å². The molecule has 172 valence electrons. The van der Waals surface area contributed by atoms with E-state index in [2.05, 4.69) is 0 Å². The second kappa shape index (κ2) is 9.54. The summed E-state index contributed by atoms with van der Waals surface area (Å²) in [6, 6.07) is 23.3. The summed E-state index contributed by atoms with van der Waals surface area (Å²) in [7, 11) is -0.500. The highest BCUT2D eigenvalue weighted by molar-refractivity contribution is 7.92. The van der Waals surface area contributed by atoms with Crippen LogP contribution in [0.3, 0.4) is 0 Å². The molecule has 0 aromatic heterocycles. The molecular formula is C25H26N2O5S. The smallest absolute Gasteiger partial charge is 0.265 e. The Hall–Kier alpha value is -3.52. The van der Waals surface area contributed by atoms with E-state index in [-0.39, 0.29) is 18.2 Å². The van der Waals surface area contributed by atoms with Gasteiger partial charge in [0.2, 0.25) is 10.0 Å². The Morgan fingerprint density at radius 1 is 1.03 bits per heavy atom. The molecule has 3 aromatic carbocycles. The molecule has 7 nitrogen and oxygen atoms in total. The van der Waals surface area contributed by atoms with Crippen LogP contribution in [0.1, 0.15) is 11.1 Å². The Labute approximate surface area is 194 Å². The summed E-state index contributed by atoms with van der Waals surface area (Å²) in [6.07, 6.45) is -0.967. The lowest BCUT2D eigenvalue weighted by Crippen LogP contribution is -2.51. The van der Waals surface area contributed by atoms with E-state index in [1.54, 1.807) is 62.7 Å². The standard InChI is InChI=1S/C25H26N2O5S/c1-26(16-20-12-6-8-14-22(20)31-2)25(28)24-17-27(21-13-7-9-15-23(21)32-24)33(29,30)18-19-10-4-3-5-11-19/h3-15,24H,16-18H2,1-2H3. The van der Waals surface area contributed by atoms with Crippen molar-refractivity contribution in [2.75, 3.05) is 25.0 Å². The van der Waals surface area contributed by atoms with Gasteiger partial charge in [-0.05, 0) is 23.8 Å². The zero-order chi connectivity index (χ0) is 23.4. The summed E-state index contributed by atoms with van der Waals surface area (Å²) >= 11 is 0. The molecule has 0 aliphatic carbocycles. The van der Waals surface area contributed by atoms with Crippen LogP contribution < -0.4 is 13.8 Å². The van der Waals surface area contributed by atoms with E-state index in [1.165, 1.54) is 9.21 Å². The first kappa shape index (κ1) is 22.7. The van der Waals surface area contributed by atoms with Crippen molar-refractivity contribution < 1.29 is 22.7 Å². The van der Waals surface area contributed by atoms with Crippen molar-refractivity contribution >= 4 is 21.6 Å². The Bertz CT molecular complexity index is 1230. The molecule has 8 heteroatoms. The van der Waals surface area contributed by atoms with Crippen LogP contribution in [-0.2, 0) is 27.1 Å². The minimum absolute atomic E-state index is 0.0960. The van der Waals surface area contributed by atoms with Crippen LogP contribution in [0.5, 0.6) is 11.5 Å². The molecule has 1 unspecified atom stereocenters. The number of nitrogens with zero attached hydrogens (tertiary/aromatic N) is 2. The number of carbonyl (C=O) groups excluding carboxylic acids is 1. The van der Waals surface area contributed by atoms with Crippen LogP contribution in [0.15, 0.2) is 78.9 Å². The minimum atomic E-state index is -3.75. The van der Waals surface area contributed by atoms with Crippen LogP contribution in [-0.4, -0.2) is 46.0 Å². The van der Waals surface area contributed by atoms with Crippen molar-refractivity contribution in [2.45, 2.75) is 18.4 Å². The molecule has 0 saturated carbocycles. The number of ether oxygens (including phenoxy) is 2. The summed E-state index contributed by atoms with van der Waals surface area (Å²) in [5, 5.41) is 0. The molecule has 0 N–H and O–H groups in total. The van der Waals surface area contributed by atoms with Gasteiger partial charge in [0.15, 0.2) is 6.10 Å². The molecule has 0 bridgehead atoms. The van der Waals surface area contributed by atoms with Crippen molar-refractivity contribution in [3.8, 4) is 11.5 Å². The number of likely N-dealkylation sites (N-methyl/N-ethyl adjacent to an activating group) is 1. The largest absolute Gasteiger partial charge is 0.496 e. The van der Waals surface area contributed by atoms with Crippen molar-refractivity contribution in [3.63, 3.8) is 0 Å². The van der Waals surface area contributed by atoms with Gasteiger partial charge < -0.3 is 14.4 Å². The number of rotatable bonds is 7. The fraction of sp³-hybridized carbons (Fsp3) is 0.240. The van der Waals surface area contributed by atoms with Crippen molar-refractivity contribution in [2.24, 2.45) is 0 Å². The summed E-state index contributed by atoms with van der Waals surface area (Å²) in [5.74, 6) is 0.569. The van der Waals surface area contributed by atoms with E-state index in [9.17, 15) is 13.2 Å². The number of methoxy groups -OCH3 is 1. The molecule has 1 aliphatic rings. The molecule has 3 aromatic rings. The molecule has 1 amide bonds. The monoisotopic (exact) mass is 466 g/mol. The first-order valence-corrected chi connectivity index (χ1v) is 12.2. The average molecular weight is 467 g/mol. The van der Waals surface area contributed by atoms with Gasteiger partial charge in [0, 0.05) is 19.2 Å². The van der Waals surface area contributed by atoms with Crippen LogP contribution in [0, 0.1) is 0 Å². The maximum atomic E-state index is 13.4. The van der Waals surface area contributed by atoms with Crippen molar-refractivity contribution in [1.29, 1.82) is 0 Å². The zero-order valence-electron chi connectivity index (χ0n) is 18.5. The number of hydrogen-bond donors (Lipinski definition) is 0. The second-order valence-electron chi connectivity index (χ2n) is 7.85. The second-order valence-corrected chi connectivity index (χ2v) is 9.75. The number of hydrogen-bond acceptors (Lipinski definition) is 5. The van der Waals surface area contributed by atoms with E-state index >= 15 is 0 Å². The maximum Gasteiger partial charge on any atom is 0.265 e. The Balaban J connectivity index is 1.58. The molecule has 1 aliphatic heterocycles. The lowest BCUT2D eigenvalue weighted by molar-refractivity contribution is -0.137. The quantitative estimate of drug-likeness (QED) is 0.533. The Morgan fingerprint density at radius 2 is 1.70 bits per heavy atom. The van der Waals surface area contributed by atoms with Gasteiger partial charge in [0.1, 0.15) is 11.5 Å². The van der Waals surface area contributed by atoms with Crippen molar-refractivity contribution in [3.05, 3.63) is 90.0 Å². The van der Waals surface area contributed by atoms with Gasteiger partial charge in [-0.25, -0.2) is 8.42 Å². The zero-order valence-corrected chi connectivity index (χ0v) is 19.4. The predicted octanol–water partition coefficient (Wildman–Crippen LogP) is 3.45. The third-order valence-electron chi connectivity index (χ3n) is 5.51. The number of anilines is 1. The number of benzene rings is 3. The van der Waals surface area contributed by atoms with Gasteiger partial charge in [-0.3, -0.25) is 9.10 Å². The topological polar surface area (TPSA) is 76.2 Å². The molecular weight excluding hydrogens is 440 g/mol. The summed E-state index contributed by atoms with van der Waals surface area (Å²) in [6.45, 7) is 0.211. The number of carbonyl (C=O) groups is 1. The highest BCUT2D eigenvalue weighted by atomic mass is 32.2. The summed E-state index contributed by atoms with van der Waals surface area (Å²) in [4.78, 5) is 14.8. The minimum Gasteiger partial charge on any atom is -0.496 e. The molecule has 4 rings (SSSR count). The van der Waals surface area contributed by atoms with Crippen LogP contribution >= 0.6 is 0 Å². The lowest BCUT2D eigenvalue weighted by atomic mass is 10.1. The van der Waals surface area contributed by atoms with Crippen LogP contribution in [0.2, 0.25) is 0 Å². The molecule has 0 saturated heterocycles. The predicted molar refractivity (Wildman–Crippen MR) is 127 cm³/mol. The lowest BCUT2D eigenvalue weighted by Gasteiger charge is -2.36. The van der Waals surface area contributed by atoms with Crippen LogP contribution in [0.25, 0.3) is 0 Å². The molecule has 1 atom stereocenters. The number of para-hydroxylation sites is 3. The van der Waals surface area contributed by atoms with Gasteiger partial charge >= 0.3 is 0 Å². The normalized spacial score (nSPS) is 15.3. The van der Waals surface area contributed by atoms with E-state index in [4.69, 9.17) is 9.47 Å². The molecule has 33 heavy (non-hydrogen) atoms. The van der Waals surface area contributed by atoms with E-state index < -0.39 is 16.1 Å². The summed E-state index contributed by atoms with van der Waals surface area (Å²) < 4.78 is 39.3. The fourth-order valence-electron chi connectivity index (χ4n) is 3.87. The molecule has 0 spiro atoms. The van der Waals surface area contributed by atoms with E-state index in [1.807, 2.05) is 30.3 Å². The SMILES string of the molecule is COc1ccccc1CN(C)C(=O)C1CN(S(=O)(=O)Cc2ccccc2)c2ccccc2O1. The molecule has 0 radical (unpaired) electrons. The molecule has 0 fully saturated rings. The third-order valence-corrected chi connectivity index (χ3v) is 7.23. The Morgan fingerprint density at radius 3 is 2.45 bits per heavy atom. The van der Waals surface area contributed by atoms with E-state index in [0.717, 1.165) is 5.56 Å². The number of sulfonamides is 1. The average Bonchev–Trinajstić information content (AvgIpc) is 2.83. The fourth-order valence-corrected chi connectivity index (χ4v) is 5.45. The summed E-state index contributed by atoms with van der Waals surface area (Å²) in [5.41, 5.74) is 1.96. The highest BCUT2D eigenvalue weighted by Gasteiger charge is 2.37. The van der Waals surface area contributed by atoms with Gasteiger partial charge in [0.05, 0.1) is 25.1 Å². The van der Waals surface area contributed by atoms with Gasteiger partial charge in [-0.15, -0.1) is 0 Å². The third kappa shape index (κ3) is 4.96. The molecule has 1 heterocycles. The highest BCUT2D eigenvalue weighted by Crippen LogP contribution is 2.36. The van der Waals surface area contributed by atoms with Gasteiger partial charge in [0.25, 0.3) is 5.91 Å². The Kier molecular flexibility index (Phi) is 6.55. The van der Waals surface area contributed by atoms with Gasteiger partial charge in [-0.1, -0.05) is 60.7 Å². The van der Waals surface area contributed by atoms with Crippen LogP contribution in [0.4, 0.5) is 5.69 Å².